The lowest BCUT2D eigenvalue weighted by molar-refractivity contribution is -0.182. The lowest BCUT2D eigenvalue weighted by Crippen LogP contribution is -2.36. The Balaban J connectivity index is 2.00. The number of nitrogens with one attached hydrogen (secondary N) is 1. The number of methoxy groups -OCH3 is 1. The first-order chi connectivity index (χ1) is 10.3. The number of hydrogen-bond acceptors (Lipinski definition) is 4. The highest BCUT2D eigenvalue weighted by Crippen LogP contribution is 2.37. The summed E-state index contributed by atoms with van der Waals surface area (Å²) in [6.07, 6.45) is -2.75. The number of alkyl halides is 3. The van der Waals surface area contributed by atoms with E-state index in [9.17, 15) is 18.0 Å². The van der Waals surface area contributed by atoms with E-state index >= 15 is 0 Å². The molecule has 1 aromatic heterocycles. The van der Waals surface area contributed by atoms with E-state index in [4.69, 9.17) is 4.74 Å². The molecule has 1 aliphatic heterocycles. The fourth-order valence-electron chi connectivity index (χ4n) is 2.55. The van der Waals surface area contributed by atoms with Gasteiger partial charge in [-0.3, -0.25) is 9.48 Å². The van der Waals surface area contributed by atoms with Gasteiger partial charge in [-0.2, -0.15) is 18.3 Å². The Kier molecular flexibility index (Phi) is 5.07. The van der Waals surface area contributed by atoms with Crippen LogP contribution in [0.2, 0.25) is 0 Å². The Morgan fingerprint density at radius 3 is 2.86 bits per heavy atom. The van der Waals surface area contributed by atoms with Gasteiger partial charge in [0, 0.05) is 32.5 Å². The van der Waals surface area contributed by atoms with Crippen LogP contribution < -0.4 is 5.32 Å². The molecule has 1 aliphatic rings. The van der Waals surface area contributed by atoms with Crippen LogP contribution in [0.25, 0.3) is 0 Å². The fourth-order valence-corrected chi connectivity index (χ4v) is 2.55. The zero-order chi connectivity index (χ0) is 16.3. The summed E-state index contributed by atoms with van der Waals surface area (Å²) in [4.78, 5) is 13.6. The highest BCUT2D eigenvalue weighted by molar-refractivity contribution is 5.92. The van der Waals surface area contributed by atoms with Crippen LogP contribution in [0.3, 0.4) is 0 Å². The van der Waals surface area contributed by atoms with Gasteiger partial charge in [0.2, 0.25) is 5.91 Å². The topological polar surface area (TPSA) is 59.4 Å². The van der Waals surface area contributed by atoms with Crippen LogP contribution in [0, 0.1) is 11.8 Å². The Morgan fingerprint density at radius 2 is 2.23 bits per heavy atom. The summed E-state index contributed by atoms with van der Waals surface area (Å²) < 4.78 is 45.4. The summed E-state index contributed by atoms with van der Waals surface area (Å²) in [5.41, 5.74) is 0. The van der Waals surface area contributed by atoms with E-state index in [0.29, 0.717) is 13.2 Å². The van der Waals surface area contributed by atoms with E-state index in [1.54, 1.807) is 31.1 Å². The van der Waals surface area contributed by atoms with Crippen molar-refractivity contribution in [1.29, 1.82) is 0 Å². The molecule has 9 heteroatoms. The second-order valence-electron chi connectivity index (χ2n) is 5.42. The van der Waals surface area contributed by atoms with Gasteiger partial charge < -0.3 is 15.0 Å². The van der Waals surface area contributed by atoms with Crippen LogP contribution in [0.4, 0.5) is 19.0 Å². The molecule has 0 bridgehead atoms. The van der Waals surface area contributed by atoms with Crippen molar-refractivity contribution in [3.8, 4) is 0 Å². The Labute approximate surface area is 126 Å². The maximum absolute atomic E-state index is 13.0. The number of carbonyl (C=O) groups is 1. The van der Waals surface area contributed by atoms with Gasteiger partial charge in [-0.05, 0) is 7.05 Å². The van der Waals surface area contributed by atoms with Crippen LogP contribution in [-0.4, -0.2) is 60.6 Å². The molecule has 1 N–H and O–H groups in total. The highest BCUT2D eigenvalue weighted by Gasteiger charge is 2.51. The molecule has 1 saturated heterocycles. The molecule has 0 spiro atoms. The van der Waals surface area contributed by atoms with Crippen molar-refractivity contribution < 1.29 is 22.7 Å². The van der Waals surface area contributed by atoms with Crippen LogP contribution in [-0.2, 0) is 16.1 Å². The van der Waals surface area contributed by atoms with Gasteiger partial charge in [0.05, 0.1) is 25.0 Å². The molecular weight excluding hydrogens is 301 g/mol. The number of ether oxygens (including phenoxy) is 1. The van der Waals surface area contributed by atoms with E-state index < -0.39 is 23.9 Å². The average molecular weight is 320 g/mol. The predicted molar refractivity (Wildman–Crippen MR) is 73.3 cm³/mol. The summed E-state index contributed by atoms with van der Waals surface area (Å²) >= 11 is 0. The Morgan fingerprint density at radius 1 is 1.50 bits per heavy atom. The lowest BCUT2D eigenvalue weighted by atomic mass is 9.94. The van der Waals surface area contributed by atoms with E-state index in [-0.39, 0.29) is 18.9 Å². The van der Waals surface area contributed by atoms with E-state index in [1.807, 2.05) is 0 Å². The minimum absolute atomic E-state index is 0.0837. The molecule has 0 saturated carbocycles. The minimum Gasteiger partial charge on any atom is -0.383 e. The summed E-state index contributed by atoms with van der Waals surface area (Å²) in [6.45, 7) is 0.882. The molecule has 22 heavy (non-hydrogen) atoms. The SMILES string of the molecule is COCCn1ccc(NC(=O)[C@@H]2CN(C)C[C@H]2C(F)(F)F)n1. The van der Waals surface area contributed by atoms with Crippen LogP contribution in [0.15, 0.2) is 12.3 Å². The first kappa shape index (κ1) is 16.8. The monoisotopic (exact) mass is 320 g/mol. The van der Waals surface area contributed by atoms with Crippen LogP contribution >= 0.6 is 0 Å². The number of amides is 1. The second kappa shape index (κ2) is 6.66. The Hall–Kier alpha value is -1.61. The molecule has 0 radical (unpaired) electrons. The van der Waals surface area contributed by atoms with Gasteiger partial charge >= 0.3 is 6.18 Å². The smallest absolute Gasteiger partial charge is 0.383 e. The molecule has 6 nitrogen and oxygen atoms in total. The third-order valence-electron chi connectivity index (χ3n) is 3.68. The summed E-state index contributed by atoms with van der Waals surface area (Å²) in [5.74, 6) is -3.16. The molecule has 0 aromatic carbocycles. The number of carbonyl (C=O) groups excluding carboxylic acids is 1. The third-order valence-corrected chi connectivity index (χ3v) is 3.68. The van der Waals surface area contributed by atoms with Crippen LogP contribution in [0.1, 0.15) is 0 Å². The largest absolute Gasteiger partial charge is 0.393 e. The van der Waals surface area contributed by atoms with Crippen molar-refractivity contribution in [1.82, 2.24) is 14.7 Å². The molecule has 1 aromatic rings. The van der Waals surface area contributed by atoms with E-state index in [2.05, 4.69) is 10.4 Å². The molecule has 1 amide bonds. The zero-order valence-corrected chi connectivity index (χ0v) is 12.4. The van der Waals surface area contributed by atoms with Crippen LogP contribution in [0.5, 0.6) is 0 Å². The number of hydrogen-bond donors (Lipinski definition) is 1. The van der Waals surface area contributed by atoms with E-state index in [0.717, 1.165) is 0 Å². The molecule has 0 unspecified atom stereocenters. The maximum Gasteiger partial charge on any atom is 0.393 e. The highest BCUT2D eigenvalue weighted by atomic mass is 19.4. The number of nitrogens with zero attached hydrogens (tertiary/aromatic N) is 3. The summed E-state index contributed by atoms with van der Waals surface area (Å²) in [6, 6.07) is 1.55. The number of halogens is 3. The van der Waals surface area contributed by atoms with Crippen molar-refractivity contribution in [2.45, 2.75) is 12.7 Å². The quantitative estimate of drug-likeness (QED) is 0.886. The molecule has 124 valence electrons. The van der Waals surface area contributed by atoms with Crippen molar-refractivity contribution >= 4 is 11.7 Å². The number of aromatic nitrogens is 2. The maximum atomic E-state index is 13.0. The molecule has 2 atom stereocenters. The number of rotatable bonds is 5. The normalized spacial score (nSPS) is 23.0. The van der Waals surface area contributed by atoms with Gasteiger partial charge in [-0.1, -0.05) is 0 Å². The summed E-state index contributed by atoms with van der Waals surface area (Å²) in [5, 5.41) is 6.54. The number of anilines is 1. The van der Waals surface area contributed by atoms with E-state index in [1.165, 1.54) is 4.90 Å². The standard InChI is InChI=1S/C13H19F3N4O2/c1-19-7-9(10(8-19)13(14,15)16)12(21)17-11-3-4-20(18-11)5-6-22-2/h3-4,9-10H,5-8H2,1-2H3,(H,17,18,21)/t9-,10-/m1/s1. The zero-order valence-electron chi connectivity index (χ0n) is 12.4. The van der Waals surface area contributed by atoms with Crippen molar-refractivity contribution in [3.05, 3.63) is 12.3 Å². The lowest BCUT2D eigenvalue weighted by Gasteiger charge is -2.20. The van der Waals surface area contributed by atoms with Gasteiger partial charge in [-0.25, -0.2) is 0 Å². The average Bonchev–Trinajstić information content (AvgIpc) is 3.02. The minimum atomic E-state index is -4.38. The van der Waals surface area contributed by atoms with Gasteiger partial charge in [0.15, 0.2) is 5.82 Å². The fraction of sp³-hybridized carbons (Fsp3) is 0.692. The molecular formula is C13H19F3N4O2. The third kappa shape index (κ3) is 3.98. The van der Waals surface area contributed by atoms with Crippen molar-refractivity contribution in [2.75, 3.05) is 39.2 Å². The first-order valence-corrected chi connectivity index (χ1v) is 6.89. The molecule has 1 fully saturated rings. The summed E-state index contributed by atoms with van der Waals surface area (Å²) in [7, 11) is 3.13. The van der Waals surface area contributed by atoms with Crippen molar-refractivity contribution in [2.24, 2.45) is 11.8 Å². The molecule has 2 heterocycles. The molecule has 2 rings (SSSR count). The van der Waals surface area contributed by atoms with Gasteiger partial charge in [-0.15, -0.1) is 0 Å². The van der Waals surface area contributed by atoms with Gasteiger partial charge in [0.1, 0.15) is 0 Å². The predicted octanol–water partition coefficient (Wildman–Crippen LogP) is 1.21. The first-order valence-electron chi connectivity index (χ1n) is 6.89. The van der Waals surface area contributed by atoms with Gasteiger partial charge in [0.25, 0.3) is 0 Å². The second-order valence-corrected chi connectivity index (χ2v) is 5.42. The Bertz CT molecular complexity index is 518. The number of likely N-dealkylation sites (tertiary alicyclic amines) is 1. The van der Waals surface area contributed by atoms with Crippen molar-refractivity contribution in [3.63, 3.8) is 0 Å². The molecule has 0 aliphatic carbocycles.